The number of benzene rings is 1. The van der Waals surface area contributed by atoms with E-state index in [-0.39, 0.29) is 5.91 Å². The summed E-state index contributed by atoms with van der Waals surface area (Å²) in [5.41, 5.74) is 6.77. The molecule has 3 N–H and O–H groups in total. The van der Waals surface area contributed by atoms with Crippen molar-refractivity contribution in [2.45, 2.75) is 25.9 Å². The van der Waals surface area contributed by atoms with E-state index >= 15 is 0 Å². The average molecular weight is 269 g/mol. The molecule has 1 amide bonds. The predicted octanol–water partition coefficient (Wildman–Crippen LogP) is 2.68. The summed E-state index contributed by atoms with van der Waals surface area (Å²) >= 11 is 5.79. The molecule has 0 radical (unpaired) electrons. The second-order valence-corrected chi connectivity index (χ2v) is 5.08. The Balaban J connectivity index is 1.88. The summed E-state index contributed by atoms with van der Waals surface area (Å²) in [6.07, 6.45) is 1.94. The summed E-state index contributed by atoms with van der Waals surface area (Å²) in [6.45, 7) is 2.40. The maximum absolute atomic E-state index is 11.9. The van der Waals surface area contributed by atoms with Crippen LogP contribution < -0.4 is 11.1 Å². The largest absolute Gasteiger partial charge is 0.397 e. The van der Waals surface area contributed by atoms with E-state index in [9.17, 15) is 4.79 Å². The Bertz CT molecular complexity index is 447. The maximum Gasteiger partial charge on any atom is 0.253 e. The van der Waals surface area contributed by atoms with Crippen molar-refractivity contribution in [2.75, 3.05) is 17.7 Å². The number of halogens is 1. The van der Waals surface area contributed by atoms with E-state index in [1.54, 1.807) is 25.1 Å². The molecule has 0 aromatic heterocycles. The van der Waals surface area contributed by atoms with Crippen molar-refractivity contribution in [3.8, 4) is 0 Å². The monoisotopic (exact) mass is 268 g/mol. The lowest BCUT2D eigenvalue weighted by atomic mass is 10.2. The molecule has 1 saturated carbocycles. The predicted molar refractivity (Wildman–Crippen MR) is 72.6 cm³/mol. The fourth-order valence-corrected chi connectivity index (χ4v) is 1.70. The number of amides is 1. The van der Waals surface area contributed by atoms with Crippen LogP contribution in [0.25, 0.3) is 0 Å². The SMILES string of the molecule is CC(OCC1CC1)C(=O)Nc1ccc(Cl)cc1N. The van der Waals surface area contributed by atoms with Gasteiger partial charge in [-0.05, 0) is 43.9 Å². The quantitative estimate of drug-likeness (QED) is 0.807. The number of nitrogens with two attached hydrogens (primary N) is 1. The Morgan fingerprint density at radius 3 is 2.94 bits per heavy atom. The Morgan fingerprint density at radius 1 is 1.61 bits per heavy atom. The Kier molecular flexibility index (Phi) is 4.09. The van der Waals surface area contributed by atoms with Crippen molar-refractivity contribution in [2.24, 2.45) is 5.92 Å². The van der Waals surface area contributed by atoms with Crippen molar-refractivity contribution < 1.29 is 9.53 Å². The molecular weight excluding hydrogens is 252 g/mol. The van der Waals surface area contributed by atoms with Gasteiger partial charge in [-0.15, -0.1) is 0 Å². The molecule has 0 bridgehead atoms. The number of carbonyl (C=O) groups is 1. The number of hydrogen-bond donors (Lipinski definition) is 2. The second kappa shape index (κ2) is 5.59. The summed E-state index contributed by atoms with van der Waals surface area (Å²) in [5.74, 6) is 0.450. The Morgan fingerprint density at radius 2 is 2.33 bits per heavy atom. The van der Waals surface area contributed by atoms with Crippen molar-refractivity contribution in [3.05, 3.63) is 23.2 Å². The Labute approximate surface area is 111 Å². The molecule has 1 aliphatic rings. The molecule has 0 heterocycles. The maximum atomic E-state index is 11.9. The van der Waals surface area contributed by atoms with Crippen LogP contribution in [0.1, 0.15) is 19.8 Å². The van der Waals surface area contributed by atoms with Gasteiger partial charge in [0.2, 0.25) is 0 Å². The fraction of sp³-hybridized carbons (Fsp3) is 0.462. The highest BCUT2D eigenvalue weighted by molar-refractivity contribution is 6.31. The van der Waals surface area contributed by atoms with E-state index in [4.69, 9.17) is 22.1 Å². The first-order valence-electron chi connectivity index (χ1n) is 6.03. The molecule has 1 aromatic rings. The first kappa shape index (κ1) is 13.2. The molecule has 0 spiro atoms. The van der Waals surface area contributed by atoms with Gasteiger partial charge in [-0.1, -0.05) is 11.6 Å². The molecule has 1 aromatic carbocycles. The van der Waals surface area contributed by atoms with E-state index < -0.39 is 6.10 Å². The van der Waals surface area contributed by atoms with Gasteiger partial charge in [0.15, 0.2) is 0 Å². The van der Waals surface area contributed by atoms with E-state index in [0.29, 0.717) is 28.9 Å². The van der Waals surface area contributed by atoms with Crippen LogP contribution in [0.4, 0.5) is 11.4 Å². The molecule has 0 aliphatic heterocycles. The Hall–Kier alpha value is -1.26. The van der Waals surface area contributed by atoms with Crippen LogP contribution in [0, 0.1) is 5.92 Å². The standard InChI is InChI=1S/C13H17ClN2O2/c1-8(18-7-9-2-3-9)13(17)16-12-5-4-10(14)6-11(12)15/h4-6,8-9H,2-3,7,15H2,1H3,(H,16,17). The lowest BCUT2D eigenvalue weighted by Gasteiger charge is -2.14. The molecule has 0 saturated heterocycles. The van der Waals surface area contributed by atoms with Gasteiger partial charge in [-0.25, -0.2) is 0 Å². The lowest BCUT2D eigenvalue weighted by molar-refractivity contribution is -0.126. The van der Waals surface area contributed by atoms with Gasteiger partial charge >= 0.3 is 0 Å². The fourth-order valence-electron chi connectivity index (χ4n) is 1.52. The van der Waals surface area contributed by atoms with Gasteiger partial charge in [0.05, 0.1) is 18.0 Å². The molecule has 1 atom stereocenters. The summed E-state index contributed by atoms with van der Waals surface area (Å²) in [5, 5.41) is 3.28. The highest BCUT2D eigenvalue weighted by Crippen LogP contribution is 2.29. The topological polar surface area (TPSA) is 64.3 Å². The highest BCUT2D eigenvalue weighted by atomic mass is 35.5. The molecule has 5 heteroatoms. The number of hydrogen-bond acceptors (Lipinski definition) is 3. The van der Waals surface area contributed by atoms with Gasteiger partial charge < -0.3 is 15.8 Å². The zero-order chi connectivity index (χ0) is 13.1. The summed E-state index contributed by atoms with van der Waals surface area (Å²) in [6, 6.07) is 4.97. The summed E-state index contributed by atoms with van der Waals surface area (Å²) < 4.78 is 5.48. The minimum atomic E-state index is -0.472. The average Bonchev–Trinajstić information content (AvgIpc) is 3.13. The second-order valence-electron chi connectivity index (χ2n) is 4.64. The molecular formula is C13H17ClN2O2. The first-order chi connectivity index (χ1) is 8.56. The van der Waals surface area contributed by atoms with E-state index in [1.165, 1.54) is 12.8 Å². The van der Waals surface area contributed by atoms with Crippen LogP contribution in [-0.2, 0) is 9.53 Å². The number of ether oxygens (including phenoxy) is 1. The number of nitrogen functional groups attached to an aromatic ring is 1. The molecule has 2 rings (SSSR count). The van der Waals surface area contributed by atoms with Gasteiger partial charge in [-0.3, -0.25) is 4.79 Å². The minimum Gasteiger partial charge on any atom is -0.397 e. The number of anilines is 2. The van der Waals surface area contributed by atoms with E-state index in [1.807, 2.05) is 0 Å². The molecule has 98 valence electrons. The first-order valence-corrected chi connectivity index (χ1v) is 6.41. The highest BCUT2D eigenvalue weighted by Gasteiger charge is 2.24. The smallest absolute Gasteiger partial charge is 0.253 e. The van der Waals surface area contributed by atoms with Crippen LogP contribution in [-0.4, -0.2) is 18.6 Å². The number of rotatable bonds is 5. The van der Waals surface area contributed by atoms with Crippen LogP contribution in [0.3, 0.4) is 0 Å². The summed E-state index contributed by atoms with van der Waals surface area (Å²) in [7, 11) is 0. The molecule has 4 nitrogen and oxygen atoms in total. The van der Waals surface area contributed by atoms with Crippen LogP contribution in [0.5, 0.6) is 0 Å². The third-order valence-electron chi connectivity index (χ3n) is 2.92. The molecule has 18 heavy (non-hydrogen) atoms. The van der Waals surface area contributed by atoms with Crippen LogP contribution in [0.15, 0.2) is 18.2 Å². The van der Waals surface area contributed by atoms with Gasteiger partial charge in [0, 0.05) is 5.02 Å². The number of nitrogens with one attached hydrogen (secondary N) is 1. The van der Waals surface area contributed by atoms with Crippen LogP contribution in [0.2, 0.25) is 5.02 Å². The van der Waals surface area contributed by atoms with Crippen molar-refractivity contribution in [1.82, 2.24) is 0 Å². The normalized spacial score (nSPS) is 16.3. The van der Waals surface area contributed by atoms with E-state index in [2.05, 4.69) is 5.32 Å². The minimum absolute atomic E-state index is 0.190. The third-order valence-corrected chi connectivity index (χ3v) is 3.15. The third kappa shape index (κ3) is 3.62. The molecule has 1 aliphatic carbocycles. The van der Waals surface area contributed by atoms with Crippen molar-refractivity contribution in [1.29, 1.82) is 0 Å². The number of carbonyl (C=O) groups excluding carboxylic acids is 1. The van der Waals surface area contributed by atoms with Gasteiger partial charge in [0.25, 0.3) is 5.91 Å². The van der Waals surface area contributed by atoms with E-state index in [0.717, 1.165) is 0 Å². The lowest BCUT2D eigenvalue weighted by Crippen LogP contribution is -2.28. The van der Waals surface area contributed by atoms with Crippen molar-refractivity contribution >= 4 is 28.9 Å². The van der Waals surface area contributed by atoms with Gasteiger partial charge in [-0.2, -0.15) is 0 Å². The zero-order valence-corrected chi connectivity index (χ0v) is 11.0. The zero-order valence-electron chi connectivity index (χ0n) is 10.3. The molecule has 1 fully saturated rings. The van der Waals surface area contributed by atoms with Gasteiger partial charge in [0.1, 0.15) is 6.10 Å². The summed E-state index contributed by atoms with van der Waals surface area (Å²) in [4.78, 5) is 11.9. The van der Waals surface area contributed by atoms with Crippen LogP contribution >= 0.6 is 11.6 Å². The van der Waals surface area contributed by atoms with Crippen molar-refractivity contribution in [3.63, 3.8) is 0 Å². The molecule has 1 unspecified atom stereocenters.